The highest BCUT2D eigenvalue weighted by atomic mass is 35.5. The van der Waals surface area contributed by atoms with E-state index in [0.29, 0.717) is 12.1 Å². The minimum absolute atomic E-state index is 0.0219. The number of halogens is 1. The number of hydrogen-bond donors (Lipinski definition) is 1. The second-order valence-electron chi connectivity index (χ2n) is 5.44. The lowest BCUT2D eigenvalue weighted by Gasteiger charge is -2.07. The molecule has 26 heavy (non-hydrogen) atoms. The summed E-state index contributed by atoms with van der Waals surface area (Å²) < 4.78 is 29.7. The highest BCUT2D eigenvalue weighted by Gasteiger charge is 2.15. The first-order chi connectivity index (χ1) is 12.4. The summed E-state index contributed by atoms with van der Waals surface area (Å²) in [4.78, 5) is 12.1. The fourth-order valence-corrected chi connectivity index (χ4v) is 3.77. The van der Waals surface area contributed by atoms with Crippen LogP contribution in [-0.2, 0) is 16.6 Å². The van der Waals surface area contributed by atoms with Crippen molar-refractivity contribution in [2.45, 2.75) is 17.9 Å². The van der Waals surface area contributed by atoms with Crippen LogP contribution >= 0.6 is 11.6 Å². The molecule has 0 spiro atoms. The molecule has 134 valence electrons. The van der Waals surface area contributed by atoms with Gasteiger partial charge in [0.1, 0.15) is 6.07 Å². The van der Waals surface area contributed by atoms with E-state index in [4.69, 9.17) is 16.9 Å². The maximum atomic E-state index is 12.3. The molecule has 3 aromatic rings. The standard InChI is InChI=1S/C16H14ClN5O3S/c17-14-10-13(6-5-12(14)11-18)26(24,25)19-7-3-9-22-16(23)21-8-2-1-4-15(21)20-22/h1-2,4-6,8,10,19H,3,7,9H2. The Kier molecular flexibility index (Phi) is 5.08. The minimum atomic E-state index is -3.75. The quantitative estimate of drug-likeness (QED) is 0.638. The molecular weight excluding hydrogens is 378 g/mol. The zero-order valence-corrected chi connectivity index (χ0v) is 15.0. The van der Waals surface area contributed by atoms with Crippen molar-refractivity contribution in [3.05, 3.63) is 63.7 Å². The molecule has 10 heteroatoms. The minimum Gasteiger partial charge on any atom is -0.250 e. The Morgan fingerprint density at radius 1 is 1.27 bits per heavy atom. The van der Waals surface area contributed by atoms with Crippen molar-refractivity contribution < 1.29 is 8.42 Å². The zero-order valence-electron chi connectivity index (χ0n) is 13.5. The first-order valence-corrected chi connectivity index (χ1v) is 9.52. The highest BCUT2D eigenvalue weighted by molar-refractivity contribution is 7.89. The molecule has 0 bridgehead atoms. The number of nitrogens with one attached hydrogen (secondary N) is 1. The van der Waals surface area contributed by atoms with Crippen LogP contribution in [0.3, 0.4) is 0 Å². The number of nitrogens with zero attached hydrogens (tertiary/aromatic N) is 4. The molecule has 3 rings (SSSR count). The van der Waals surface area contributed by atoms with Crippen LogP contribution in [0.25, 0.3) is 5.65 Å². The summed E-state index contributed by atoms with van der Waals surface area (Å²) in [7, 11) is -3.75. The van der Waals surface area contributed by atoms with Gasteiger partial charge in [0.2, 0.25) is 10.0 Å². The van der Waals surface area contributed by atoms with Crippen molar-refractivity contribution in [2.75, 3.05) is 6.54 Å². The van der Waals surface area contributed by atoms with Crippen LogP contribution in [0, 0.1) is 11.3 Å². The molecule has 0 saturated carbocycles. The summed E-state index contributed by atoms with van der Waals surface area (Å²) in [6, 6.07) is 11.0. The molecule has 2 heterocycles. The smallest absolute Gasteiger partial charge is 0.250 e. The molecule has 0 aliphatic rings. The van der Waals surface area contributed by atoms with Crippen LogP contribution in [0.15, 0.2) is 52.3 Å². The molecule has 8 nitrogen and oxygen atoms in total. The molecular formula is C16H14ClN5O3S. The number of pyridine rings is 1. The van der Waals surface area contributed by atoms with E-state index in [-0.39, 0.29) is 34.3 Å². The molecule has 0 aliphatic carbocycles. The first-order valence-electron chi connectivity index (χ1n) is 7.66. The van der Waals surface area contributed by atoms with Crippen molar-refractivity contribution in [3.8, 4) is 6.07 Å². The molecule has 0 amide bonds. The van der Waals surface area contributed by atoms with Gasteiger partial charge in [-0.2, -0.15) is 5.26 Å². The Bertz CT molecular complexity index is 1160. The average molecular weight is 392 g/mol. The SMILES string of the molecule is N#Cc1ccc(S(=O)(=O)NCCCn2nc3ccccn3c2=O)cc1Cl. The van der Waals surface area contributed by atoms with E-state index in [2.05, 4.69) is 9.82 Å². The van der Waals surface area contributed by atoms with E-state index in [1.807, 2.05) is 6.07 Å². The maximum Gasteiger partial charge on any atom is 0.350 e. The van der Waals surface area contributed by atoms with Crippen LogP contribution in [0.4, 0.5) is 0 Å². The third-order valence-electron chi connectivity index (χ3n) is 3.70. The predicted molar refractivity (Wildman–Crippen MR) is 95.4 cm³/mol. The van der Waals surface area contributed by atoms with Gasteiger partial charge >= 0.3 is 5.69 Å². The molecule has 0 saturated heterocycles. The van der Waals surface area contributed by atoms with Crippen LogP contribution in [0.5, 0.6) is 0 Å². The van der Waals surface area contributed by atoms with Crippen molar-refractivity contribution in [3.63, 3.8) is 0 Å². The molecule has 2 aromatic heterocycles. The van der Waals surface area contributed by atoms with Crippen LogP contribution in [0.1, 0.15) is 12.0 Å². The third-order valence-corrected chi connectivity index (χ3v) is 5.47. The molecule has 0 fully saturated rings. The van der Waals surface area contributed by atoms with Gasteiger partial charge < -0.3 is 0 Å². The number of nitriles is 1. The summed E-state index contributed by atoms with van der Waals surface area (Å²) >= 11 is 5.87. The summed E-state index contributed by atoms with van der Waals surface area (Å²) in [6.07, 6.45) is 2.01. The fourth-order valence-electron chi connectivity index (χ4n) is 2.39. The third kappa shape index (κ3) is 3.62. The first kappa shape index (κ1) is 18.1. The number of rotatable bonds is 6. The normalized spacial score (nSPS) is 11.5. The number of benzene rings is 1. The van der Waals surface area contributed by atoms with E-state index in [0.717, 1.165) is 0 Å². The van der Waals surface area contributed by atoms with Gasteiger partial charge in [0.15, 0.2) is 5.65 Å². The van der Waals surface area contributed by atoms with Gasteiger partial charge in [-0.25, -0.2) is 22.6 Å². The number of fused-ring (bicyclic) bond motifs is 1. The molecule has 0 aliphatic heterocycles. The lowest BCUT2D eigenvalue weighted by atomic mass is 10.2. The Labute approximate surface area is 154 Å². The van der Waals surface area contributed by atoms with Crippen molar-refractivity contribution in [1.82, 2.24) is 18.9 Å². The van der Waals surface area contributed by atoms with E-state index in [1.165, 1.54) is 27.3 Å². The van der Waals surface area contributed by atoms with E-state index in [9.17, 15) is 13.2 Å². The lowest BCUT2D eigenvalue weighted by molar-refractivity contribution is 0.543. The molecule has 0 unspecified atom stereocenters. The van der Waals surface area contributed by atoms with E-state index < -0.39 is 10.0 Å². The second-order valence-corrected chi connectivity index (χ2v) is 7.61. The van der Waals surface area contributed by atoms with Crippen LogP contribution < -0.4 is 10.4 Å². The average Bonchev–Trinajstić information content (AvgIpc) is 2.95. The molecule has 0 radical (unpaired) electrons. The van der Waals surface area contributed by atoms with Gasteiger partial charge in [-0.1, -0.05) is 17.7 Å². The van der Waals surface area contributed by atoms with Crippen molar-refractivity contribution in [1.29, 1.82) is 5.26 Å². The van der Waals surface area contributed by atoms with Gasteiger partial charge in [0.05, 0.1) is 15.5 Å². The maximum absolute atomic E-state index is 12.3. The van der Waals surface area contributed by atoms with E-state index >= 15 is 0 Å². The Hall–Kier alpha value is -2.67. The van der Waals surface area contributed by atoms with Gasteiger partial charge in [-0.3, -0.25) is 4.40 Å². The molecule has 1 N–H and O–H groups in total. The largest absolute Gasteiger partial charge is 0.350 e. The Morgan fingerprint density at radius 2 is 2.08 bits per heavy atom. The van der Waals surface area contributed by atoms with E-state index in [1.54, 1.807) is 24.4 Å². The summed E-state index contributed by atoms with van der Waals surface area (Å²) in [6.45, 7) is 0.400. The number of sulfonamides is 1. The van der Waals surface area contributed by atoms with Crippen molar-refractivity contribution >= 4 is 27.3 Å². The van der Waals surface area contributed by atoms with Gasteiger partial charge in [-0.15, -0.1) is 5.10 Å². The van der Waals surface area contributed by atoms with Gasteiger partial charge in [-0.05, 0) is 36.8 Å². The zero-order chi connectivity index (χ0) is 18.7. The predicted octanol–water partition coefficient (Wildman–Crippen LogP) is 1.39. The summed E-state index contributed by atoms with van der Waals surface area (Å²) in [5, 5.41) is 13.1. The number of aromatic nitrogens is 3. The van der Waals surface area contributed by atoms with Crippen LogP contribution in [0.2, 0.25) is 5.02 Å². The van der Waals surface area contributed by atoms with Gasteiger partial charge in [0.25, 0.3) is 0 Å². The van der Waals surface area contributed by atoms with Gasteiger partial charge in [0, 0.05) is 19.3 Å². The highest BCUT2D eigenvalue weighted by Crippen LogP contribution is 2.20. The Balaban J connectivity index is 1.63. The van der Waals surface area contributed by atoms with Crippen molar-refractivity contribution in [2.24, 2.45) is 0 Å². The second kappa shape index (κ2) is 7.29. The lowest BCUT2D eigenvalue weighted by Crippen LogP contribution is -2.27. The molecule has 1 aromatic carbocycles. The fraction of sp³-hybridized carbons (Fsp3) is 0.188. The van der Waals surface area contributed by atoms with Crippen LogP contribution in [-0.4, -0.2) is 29.1 Å². The molecule has 0 atom stereocenters. The Morgan fingerprint density at radius 3 is 2.77 bits per heavy atom. The number of hydrogen-bond acceptors (Lipinski definition) is 5. The monoisotopic (exact) mass is 391 g/mol. The summed E-state index contributed by atoms with van der Waals surface area (Å²) in [5.74, 6) is 0. The topological polar surface area (TPSA) is 109 Å². The number of aryl methyl sites for hydroxylation is 1. The summed E-state index contributed by atoms with van der Waals surface area (Å²) in [5.41, 5.74) is 0.462.